The molecule has 8 heteroatoms. The van der Waals surface area contributed by atoms with Crippen molar-refractivity contribution in [2.24, 2.45) is 0 Å². The van der Waals surface area contributed by atoms with Gasteiger partial charge in [0.1, 0.15) is 27.8 Å². The molecule has 0 amide bonds. The van der Waals surface area contributed by atoms with Gasteiger partial charge in [-0.1, -0.05) is 94.2 Å². The highest BCUT2D eigenvalue weighted by atomic mass is 32.1. The van der Waals surface area contributed by atoms with Gasteiger partial charge < -0.3 is 13.8 Å². The molecule has 0 aliphatic rings. The second kappa shape index (κ2) is 11.7. The lowest BCUT2D eigenvalue weighted by Gasteiger charge is -1.95. The van der Waals surface area contributed by atoms with Crippen LogP contribution in [0, 0.1) is 38.0 Å². The molecule has 0 bridgehead atoms. The van der Waals surface area contributed by atoms with Crippen LogP contribution in [0.3, 0.4) is 0 Å². The molecule has 0 N–H and O–H groups in total. The van der Waals surface area contributed by atoms with Gasteiger partial charge in [-0.3, -0.25) is 0 Å². The van der Waals surface area contributed by atoms with Gasteiger partial charge in [0, 0.05) is 11.1 Å². The first-order chi connectivity index (χ1) is 18.0. The molecule has 0 atom stereocenters. The number of terminal acetylenes is 1. The molecule has 0 spiro atoms. The van der Waals surface area contributed by atoms with Crippen LogP contribution < -0.4 is 0 Å². The molecule has 0 fully saturated rings. The summed E-state index contributed by atoms with van der Waals surface area (Å²) in [6.07, 6.45) is 6.84. The molecule has 0 saturated heterocycles. The van der Waals surface area contributed by atoms with Crippen LogP contribution in [0.2, 0.25) is 0 Å². The first kappa shape index (κ1) is 25.2. The summed E-state index contributed by atoms with van der Waals surface area (Å²) in [5.41, 5.74) is 4.80. The lowest BCUT2D eigenvalue weighted by molar-refractivity contribution is 0.0606. The minimum Gasteiger partial charge on any atom is -0.465 e. The maximum absolute atomic E-state index is 11.4. The van der Waals surface area contributed by atoms with Gasteiger partial charge in [0.05, 0.1) is 24.4 Å². The van der Waals surface area contributed by atoms with E-state index in [9.17, 15) is 4.79 Å². The van der Waals surface area contributed by atoms with Crippen LogP contribution in [0.15, 0.2) is 75.9 Å². The number of carbonyl (C=O) groups is 1. The van der Waals surface area contributed by atoms with E-state index in [0.717, 1.165) is 22.4 Å². The number of hydrogen-bond donors (Lipinski definition) is 0. The normalized spacial score (nSPS) is 9.89. The zero-order chi connectivity index (χ0) is 26.2. The van der Waals surface area contributed by atoms with Crippen LogP contribution >= 0.6 is 11.3 Å². The Morgan fingerprint density at radius 1 is 0.865 bits per heavy atom. The Morgan fingerprint density at radius 2 is 1.41 bits per heavy atom. The third-order valence-corrected chi connectivity index (χ3v) is 6.04. The lowest BCUT2D eigenvalue weighted by atomic mass is 10.1. The number of aromatic nitrogens is 3. The number of nitrogens with zero attached hydrogens (tertiary/aromatic N) is 3. The number of thiazole rings is 1. The number of benzene rings is 2. The van der Waals surface area contributed by atoms with Crippen molar-refractivity contribution >= 4 is 17.3 Å². The number of carbonyl (C=O) groups excluding carboxylic acids is 1. The van der Waals surface area contributed by atoms with Gasteiger partial charge in [-0.25, -0.2) is 9.78 Å². The molecule has 5 aromatic rings. The average Bonchev–Trinajstić information content (AvgIpc) is 3.66. The zero-order valence-electron chi connectivity index (χ0n) is 20.3. The van der Waals surface area contributed by atoms with Crippen molar-refractivity contribution in [2.45, 2.75) is 13.8 Å². The van der Waals surface area contributed by atoms with E-state index < -0.39 is 5.97 Å². The summed E-state index contributed by atoms with van der Waals surface area (Å²) in [6.45, 7) is 3.62. The van der Waals surface area contributed by atoms with E-state index in [-0.39, 0.29) is 0 Å². The van der Waals surface area contributed by atoms with Crippen molar-refractivity contribution in [1.29, 1.82) is 0 Å². The van der Waals surface area contributed by atoms with E-state index in [1.54, 1.807) is 0 Å². The van der Waals surface area contributed by atoms with Gasteiger partial charge in [-0.05, 0) is 19.8 Å². The standard InChI is InChI=1S/C17H12N2O3S.C12H9NO/c1-11-13(16(19-22-11)12-6-4-3-5-7-12)8-9-15-18-10-14(23-15)17(20)21-2;1-3-11-9(2)14-13-12(11)10-7-5-4-6-8-10/h3-7,10H,1-2H3;1,4-8H,2H3. The maximum atomic E-state index is 11.4. The third kappa shape index (κ3) is 5.84. The predicted octanol–water partition coefficient (Wildman–Crippen LogP) is 5.92. The highest BCUT2D eigenvalue weighted by molar-refractivity contribution is 7.14. The third-order valence-electron chi connectivity index (χ3n) is 5.15. The zero-order valence-corrected chi connectivity index (χ0v) is 21.1. The van der Waals surface area contributed by atoms with E-state index in [2.05, 4.69) is 37.8 Å². The van der Waals surface area contributed by atoms with E-state index in [4.69, 9.17) is 15.5 Å². The quantitative estimate of drug-likeness (QED) is 0.221. The SMILES string of the molecule is C#Cc1c(-c2ccccc2)noc1C.COC(=O)c1cnc(C#Cc2c(-c3ccccc3)noc2C)s1. The van der Waals surface area contributed by atoms with Gasteiger partial charge >= 0.3 is 5.97 Å². The molecule has 7 nitrogen and oxygen atoms in total. The van der Waals surface area contributed by atoms with Crippen molar-refractivity contribution in [2.75, 3.05) is 7.11 Å². The van der Waals surface area contributed by atoms with Gasteiger partial charge in [0.2, 0.25) is 0 Å². The largest absolute Gasteiger partial charge is 0.465 e. The van der Waals surface area contributed by atoms with Crippen molar-refractivity contribution in [3.63, 3.8) is 0 Å². The molecule has 0 unspecified atom stereocenters. The summed E-state index contributed by atoms with van der Waals surface area (Å²) in [5, 5.41) is 8.55. The van der Waals surface area contributed by atoms with Crippen LogP contribution in [0.1, 0.15) is 37.3 Å². The van der Waals surface area contributed by atoms with Gasteiger partial charge in [-0.15, -0.1) is 6.42 Å². The predicted molar refractivity (Wildman–Crippen MR) is 141 cm³/mol. The van der Waals surface area contributed by atoms with Crippen molar-refractivity contribution in [3.05, 3.63) is 99.4 Å². The summed E-state index contributed by atoms with van der Waals surface area (Å²) in [5.74, 6) is 9.48. The topological polar surface area (TPSA) is 91.2 Å². The molecular weight excluding hydrogens is 486 g/mol. The second-order valence-corrected chi connectivity index (χ2v) is 8.60. The second-order valence-electron chi connectivity index (χ2n) is 7.57. The minimum absolute atomic E-state index is 0.415. The molecule has 2 aromatic carbocycles. The fourth-order valence-electron chi connectivity index (χ4n) is 3.29. The highest BCUT2D eigenvalue weighted by Crippen LogP contribution is 2.25. The van der Waals surface area contributed by atoms with Crippen LogP contribution in [0.4, 0.5) is 0 Å². The molecule has 37 heavy (non-hydrogen) atoms. The van der Waals surface area contributed by atoms with Crippen molar-refractivity contribution in [3.8, 4) is 46.7 Å². The van der Waals surface area contributed by atoms with Gasteiger partial charge in [-0.2, -0.15) is 0 Å². The molecule has 0 aliphatic heterocycles. The first-order valence-corrected chi connectivity index (χ1v) is 11.9. The Hall–Kier alpha value is -4.92. The Labute approximate surface area is 218 Å². The number of hydrogen-bond acceptors (Lipinski definition) is 8. The molecule has 5 rings (SSSR count). The van der Waals surface area contributed by atoms with Gasteiger partial charge in [0.15, 0.2) is 5.01 Å². The van der Waals surface area contributed by atoms with E-state index in [0.29, 0.717) is 32.7 Å². The molecule has 3 aromatic heterocycles. The Balaban J connectivity index is 0.000000195. The molecule has 0 radical (unpaired) electrons. The fraction of sp³-hybridized carbons (Fsp3) is 0.103. The summed E-state index contributed by atoms with van der Waals surface area (Å²) >= 11 is 1.18. The number of rotatable bonds is 3. The summed E-state index contributed by atoms with van der Waals surface area (Å²) in [4.78, 5) is 16.0. The van der Waals surface area contributed by atoms with Crippen molar-refractivity contribution < 1.29 is 18.6 Å². The van der Waals surface area contributed by atoms with Crippen LogP contribution in [0.25, 0.3) is 22.5 Å². The Morgan fingerprint density at radius 3 is 1.95 bits per heavy atom. The highest BCUT2D eigenvalue weighted by Gasteiger charge is 2.14. The van der Waals surface area contributed by atoms with E-state index in [1.165, 1.54) is 24.6 Å². The Bertz CT molecular complexity index is 1610. The maximum Gasteiger partial charge on any atom is 0.349 e. The molecule has 182 valence electrons. The minimum atomic E-state index is -0.415. The summed E-state index contributed by atoms with van der Waals surface area (Å²) < 4.78 is 15.0. The fourth-order valence-corrected chi connectivity index (χ4v) is 3.98. The van der Waals surface area contributed by atoms with Crippen LogP contribution in [-0.4, -0.2) is 28.4 Å². The average molecular weight is 508 g/mol. The van der Waals surface area contributed by atoms with Gasteiger partial charge in [0.25, 0.3) is 0 Å². The number of aryl methyl sites for hydroxylation is 2. The van der Waals surface area contributed by atoms with Crippen molar-refractivity contribution in [1.82, 2.24) is 15.3 Å². The molecule has 0 aliphatic carbocycles. The molecule has 3 heterocycles. The molecule has 0 saturated carbocycles. The van der Waals surface area contributed by atoms with E-state index in [1.807, 2.05) is 74.5 Å². The summed E-state index contributed by atoms with van der Waals surface area (Å²) in [6, 6.07) is 19.4. The first-order valence-electron chi connectivity index (χ1n) is 11.1. The number of ether oxygens (including phenoxy) is 1. The van der Waals surface area contributed by atoms with Crippen LogP contribution in [0.5, 0.6) is 0 Å². The van der Waals surface area contributed by atoms with E-state index >= 15 is 0 Å². The lowest BCUT2D eigenvalue weighted by Crippen LogP contribution is -1.96. The number of esters is 1. The smallest absolute Gasteiger partial charge is 0.349 e. The Kier molecular flexibility index (Phi) is 7.95. The molecular formula is C29H21N3O4S. The monoisotopic (exact) mass is 507 g/mol. The van der Waals surface area contributed by atoms with Crippen LogP contribution in [-0.2, 0) is 4.74 Å². The number of methoxy groups -OCH3 is 1. The summed E-state index contributed by atoms with van der Waals surface area (Å²) in [7, 11) is 1.33.